The Morgan fingerprint density at radius 2 is 1.54 bits per heavy atom. The van der Waals surface area contributed by atoms with E-state index >= 15 is 0 Å². The first-order valence-electron chi connectivity index (χ1n) is 11.8. The first-order chi connectivity index (χ1) is 17.1. The average molecular weight is 474 g/mol. The van der Waals surface area contributed by atoms with Crippen molar-refractivity contribution in [2.24, 2.45) is 0 Å². The van der Waals surface area contributed by atoms with Gasteiger partial charge < -0.3 is 23.4 Å². The molecule has 1 atom stereocenters. The second-order valence-corrected chi connectivity index (χ2v) is 8.81. The zero-order chi connectivity index (χ0) is 24.5. The fraction of sp³-hybridized carbons (Fsp3) is 0.310. The number of furan rings is 1. The lowest BCUT2D eigenvalue weighted by Crippen LogP contribution is -2.33. The van der Waals surface area contributed by atoms with Crippen LogP contribution < -0.4 is 18.9 Å². The maximum atomic E-state index is 6.30. The van der Waals surface area contributed by atoms with Crippen molar-refractivity contribution in [1.82, 2.24) is 4.90 Å². The summed E-state index contributed by atoms with van der Waals surface area (Å²) in [6.07, 6.45) is 0.960. The van der Waals surface area contributed by atoms with E-state index in [1.54, 1.807) is 28.4 Å². The standard InChI is InChI=1S/C29H31NO5/c1-18-23-15-28(34-5)27(33-4)14-20(23)12-13-30(18)17-21-8-11-25(32-3)29-24(21)16-26(35-29)19-6-9-22(31-2)10-7-19/h6-11,14-16,18H,12-13,17H2,1-5H3. The van der Waals surface area contributed by atoms with E-state index in [-0.39, 0.29) is 6.04 Å². The van der Waals surface area contributed by atoms with Crippen molar-refractivity contribution in [3.63, 3.8) is 0 Å². The van der Waals surface area contributed by atoms with Gasteiger partial charge in [0.2, 0.25) is 0 Å². The highest BCUT2D eigenvalue weighted by atomic mass is 16.5. The molecule has 0 fully saturated rings. The lowest BCUT2D eigenvalue weighted by atomic mass is 9.92. The van der Waals surface area contributed by atoms with Gasteiger partial charge in [0, 0.05) is 30.1 Å². The van der Waals surface area contributed by atoms with Crippen molar-refractivity contribution in [2.75, 3.05) is 35.0 Å². The highest BCUT2D eigenvalue weighted by Crippen LogP contribution is 2.40. The molecule has 4 aromatic rings. The Labute approximate surface area is 206 Å². The molecule has 2 heterocycles. The van der Waals surface area contributed by atoms with Crippen LogP contribution in [0.3, 0.4) is 0 Å². The predicted octanol–water partition coefficient (Wildman–Crippen LogP) is 6.25. The summed E-state index contributed by atoms with van der Waals surface area (Å²) in [6, 6.07) is 18.6. The summed E-state index contributed by atoms with van der Waals surface area (Å²) in [5.74, 6) is 3.91. The summed E-state index contributed by atoms with van der Waals surface area (Å²) in [4.78, 5) is 2.50. The first kappa shape index (κ1) is 23.1. The molecular formula is C29H31NO5. The van der Waals surface area contributed by atoms with Gasteiger partial charge in [0.1, 0.15) is 11.5 Å². The molecule has 0 amide bonds. The zero-order valence-electron chi connectivity index (χ0n) is 20.9. The first-order valence-corrected chi connectivity index (χ1v) is 11.8. The quantitative estimate of drug-likeness (QED) is 0.316. The summed E-state index contributed by atoms with van der Waals surface area (Å²) in [7, 11) is 6.71. The van der Waals surface area contributed by atoms with Gasteiger partial charge in [-0.1, -0.05) is 6.07 Å². The summed E-state index contributed by atoms with van der Waals surface area (Å²) in [5.41, 5.74) is 5.57. The van der Waals surface area contributed by atoms with Gasteiger partial charge in [-0.3, -0.25) is 4.90 Å². The van der Waals surface area contributed by atoms with Crippen molar-refractivity contribution in [3.8, 4) is 34.3 Å². The lowest BCUT2D eigenvalue weighted by molar-refractivity contribution is 0.189. The molecule has 0 spiro atoms. The Morgan fingerprint density at radius 3 is 2.23 bits per heavy atom. The van der Waals surface area contributed by atoms with E-state index in [0.717, 1.165) is 64.8 Å². The van der Waals surface area contributed by atoms with Crippen LogP contribution >= 0.6 is 0 Å². The summed E-state index contributed by atoms with van der Waals surface area (Å²) >= 11 is 0. The van der Waals surface area contributed by atoms with E-state index in [0.29, 0.717) is 0 Å². The number of ether oxygens (including phenoxy) is 4. The molecule has 0 saturated heterocycles. The third-order valence-corrected chi connectivity index (χ3v) is 7.02. The fourth-order valence-electron chi connectivity index (χ4n) is 4.98. The summed E-state index contributed by atoms with van der Waals surface area (Å²) in [5, 5.41) is 1.07. The van der Waals surface area contributed by atoms with Crippen molar-refractivity contribution in [2.45, 2.75) is 25.9 Å². The minimum Gasteiger partial charge on any atom is -0.497 e. The van der Waals surface area contributed by atoms with E-state index < -0.39 is 0 Å². The zero-order valence-corrected chi connectivity index (χ0v) is 20.9. The van der Waals surface area contributed by atoms with Gasteiger partial charge in [-0.2, -0.15) is 0 Å². The number of fused-ring (bicyclic) bond motifs is 2. The van der Waals surface area contributed by atoms with E-state index in [9.17, 15) is 0 Å². The fourth-order valence-corrected chi connectivity index (χ4v) is 4.98. The third kappa shape index (κ3) is 4.19. The van der Waals surface area contributed by atoms with Gasteiger partial charge in [-0.25, -0.2) is 0 Å². The van der Waals surface area contributed by atoms with Gasteiger partial charge in [0.25, 0.3) is 0 Å². The Hall–Kier alpha value is -3.64. The largest absolute Gasteiger partial charge is 0.497 e. The molecule has 1 aliphatic heterocycles. The van der Waals surface area contributed by atoms with Crippen LogP contribution in [0, 0.1) is 0 Å². The minimum absolute atomic E-state index is 0.240. The normalized spacial score (nSPS) is 15.6. The van der Waals surface area contributed by atoms with Gasteiger partial charge in [0.05, 0.1) is 28.4 Å². The molecule has 0 N–H and O–H groups in total. The van der Waals surface area contributed by atoms with Gasteiger partial charge in [0.15, 0.2) is 22.8 Å². The van der Waals surface area contributed by atoms with Crippen LogP contribution in [-0.2, 0) is 13.0 Å². The van der Waals surface area contributed by atoms with E-state index in [2.05, 4.69) is 36.1 Å². The van der Waals surface area contributed by atoms with Gasteiger partial charge >= 0.3 is 0 Å². The summed E-state index contributed by atoms with van der Waals surface area (Å²) < 4.78 is 28.3. The minimum atomic E-state index is 0.240. The topological polar surface area (TPSA) is 53.3 Å². The predicted molar refractivity (Wildman–Crippen MR) is 137 cm³/mol. The molecule has 0 saturated carbocycles. The maximum absolute atomic E-state index is 6.30. The number of methoxy groups -OCH3 is 4. The summed E-state index contributed by atoms with van der Waals surface area (Å²) in [6.45, 7) is 4.01. The molecule has 5 rings (SSSR count). The molecule has 1 unspecified atom stereocenters. The van der Waals surface area contributed by atoms with Crippen LogP contribution in [0.25, 0.3) is 22.3 Å². The molecule has 0 radical (unpaired) electrons. The number of benzene rings is 3. The van der Waals surface area contributed by atoms with E-state index in [1.165, 1.54) is 16.7 Å². The average Bonchev–Trinajstić information content (AvgIpc) is 3.36. The molecule has 0 bridgehead atoms. The van der Waals surface area contributed by atoms with Crippen LogP contribution in [0.2, 0.25) is 0 Å². The van der Waals surface area contributed by atoms with Crippen molar-refractivity contribution in [1.29, 1.82) is 0 Å². The van der Waals surface area contributed by atoms with E-state index in [1.807, 2.05) is 30.3 Å². The lowest BCUT2D eigenvalue weighted by Gasteiger charge is -2.36. The van der Waals surface area contributed by atoms with Crippen LogP contribution in [-0.4, -0.2) is 39.9 Å². The maximum Gasteiger partial charge on any atom is 0.176 e. The number of nitrogens with zero attached hydrogens (tertiary/aromatic N) is 1. The molecule has 182 valence electrons. The second-order valence-electron chi connectivity index (χ2n) is 8.81. The number of hydrogen-bond acceptors (Lipinski definition) is 6. The smallest absolute Gasteiger partial charge is 0.176 e. The van der Waals surface area contributed by atoms with Crippen LogP contribution in [0.5, 0.6) is 23.0 Å². The monoisotopic (exact) mass is 473 g/mol. The van der Waals surface area contributed by atoms with Crippen LogP contribution in [0.4, 0.5) is 0 Å². The second kappa shape index (κ2) is 9.55. The molecule has 6 heteroatoms. The van der Waals surface area contributed by atoms with Crippen LogP contribution in [0.1, 0.15) is 29.7 Å². The third-order valence-electron chi connectivity index (χ3n) is 7.02. The van der Waals surface area contributed by atoms with Gasteiger partial charge in [-0.05, 0) is 78.6 Å². The van der Waals surface area contributed by atoms with Crippen molar-refractivity contribution < 1.29 is 23.4 Å². The highest BCUT2D eigenvalue weighted by molar-refractivity contribution is 5.90. The Bertz CT molecular complexity index is 1340. The Kier molecular flexibility index (Phi) is 6.31. The van der Waals surface area contributed by atoms with Crippen molar-refractivity contribution in [3.05, 3.63) is 71.3 Å². The SMILES string of the molecule is COc1ccc(-c2cc3c(CN4CCc5cc(OC)c(OC)cc5C4C)ccc(OC)c3o2)cc1. The molecular weight excluding hydrogens is 442 g/mol. The van der Waals surface area contributed by atoms with Crippen LogP contribution in [0.15, 0.2) is 59.0 Å². The Morgan fingerprint density at radius 1 is 0.829 bits per heavy atom. The number of rotatable bonds is 7. The molecule has 3 aromatic carbocycles. The molecule has 1 aliphatic rings. The van der Waals surface area contributed by atoms with E-state index in [4.69, 9.17) is 23.4 Å². The number of hydrogen-bond donors (Lipinski definition) is 0. The molecule has 6 nitrogen and oxygen atoms in total. The molecule has 1 aromatic heterocycles. The molecule has 0 aliphatic carbocycles. The Balaban J connectivity index is 1.49. The molecule has 35 heavy (non-hydrogen) atoms. The van der Waals surface area contributed by atoms with Gasteiger partial charge in [-0.15, -0.1) is 0 Å². The van der Waals surface area contributed by atoms with Crippen molar-refractivity contribution >= 4 is 11.0 Å². The highest BCUT2D eigenvalue weighted by Gasteiger charge is 2.27.